The number of hydrogen-bond donors (Lipinski definition) is 1. The average Bonchev–Trinajstić information content (AvgIpc) is 2.55. The number of carboxylic acid groups (broad SMARTS) is 1. The number of hydrogen-bond acceptors (Lipinski definition) is 3. The molecule has 0 aromatic heterocycles. The van der Waals surface area contributed by atoms with Crippen LogP contribution in [0.3, 0.4) is 0 Å². The molecule has 136 valence electrons. The van der Waals surface area contributed by atoms with Crippen LogP contribution < -0.4 is 0 Å². The molecule has 1 aliphatic heterocycles. The van der Waals surface area contributed by atoms with Gasteiger partial charge in [-0.1, -0.05) is 30.7 Å². The van der Waals surface area contributed by atoms with Crippen molar-refractivity contribution < 1.29 is 19.5 Å². The van der Waals surface area contributed by atoms with Crippen molar-refractivity contribution in [1.29, 1.82) is 0 Å². The maximum absolute atomic E-state index is 13.0. The fourth-order valence-electron chi connectivity index (χ4n) is 3.60. The third-order valence-electron chi connectivity index (χ3n) is 4.79. The van der Waals surface area contributed by atoms with Crippen molar-refractivity contribution in [2.24, 2.45) is 5.92 Å². The van der Waals surface area contributed by atoms with E-state index in [2.05, 4.69) is 0 Å². The number of amides is 1. The molecule has 1 aromatic rings. The normalized spacial score (nSPS) is 21.9. The molecule has 1 fully saturated rings. The van der Waals surface area contributed by atoms with Crippen LogP contribution in [0, 0.1) is 5.92 Å². The Hall–Kier alpha value is -1.88. The number of ketones is 1. The molecule has 1 aliphatic rings. The van der Waals surface area contributed by atoms with Crippen LogP contribution in [0.25, 0.3) is 0 Å². The van der Waals surface area contributed by atoms with Gasteiger partial charge in [-0.05, 0) is 43.9 Å². The minimum absolute atomic E-state index is 0.0230. The van der Waals surface area contributed by atoms with Crippen molar-refractivity contribution in [2.75, 3.05) is 0 Å². The summed E-state index contributed by atoms with van der Waals surface area (Å²) >= 11 is 5.96. The quantitative estimate of drug-likeness (QED) is 0.796. The molecule has 25 heavy (non-hydrogen) atoms. The fraction of sp³-hybridized carbons (Fsp3) is 0.526. The minimum atomic E-state index is -0.970. The Morgan fingerprint density at radius 1 is 1.28 bits per heavy atom. The first-order chi connectivity index (χ1) is 11.8. The molecule has 0 bridgehead atoms. The van der Waals surface area contributed by atoms with Crippen molar-refractivity contribution in [3.8, 4) is 0 Å². The lowest BCUT2D eigenvalue weighted by Crippen LogP contribution is -2.49. The number of aliphatic carboxylic acids is 1. The molecule has 2 rings (SSSR count). The molecule has 0 spiro atoms. The Bertz CT molecular complexity index is 643. The molecule has 1 saturated heterocycles. The monoisotopic (exact) mass is 365 g/mol. The van der Waals surface area contributed by atoms with E-state index in [0.29, 0.717) is 24.3 Å². The summed E-state index contributed by atoms with van der Waals surface area (Å²) in [5, 5.41) is 9.71. The number of benzene rings is 1. The number of rotatable bonds is 7. The first-order valence-electron chi connectivity index (χ1n) is 8.62. The second kappa shape index (κ2) is 8.48. The van der Waals surface area contributed by atoms with Crippen LogP contribution >= 0.6 is 11.6 Å². The van der Waals surface area contributed by atoms with Gasteiger partial charge >= 0.3 is 5.97 Å². The zero-order chi connectivity index (χ0) is 18.6. The maximum atomic E-state index is 13.0. The van der Waals surface area contributed by atoms with E-state index in [-0.39, 0.29) is 36.6 Å². The van der Waals surface area contributed by atoms with E-state index < -0.39 is 11.9 Å². The van der Waals surface area contributed by atoms with E-state index in [1.54, 1.807) is 17.0 Å². The van der Waals surface area contributed by atoms with Gasteiger partial charge in [0.05, 0.1) is 12.5 Å². The lowest BCUT2D eigenvalue weighted by molar-refractivity contribution is -0.151. The Labute approximate surface area is 153 Å². The van der Waals surface area contributed by atoms with E-state index in [1.165, 1.54) is 6.92 Å². The SMILES string of the molecule is CCC(CC(C)=O)N1C(=O)C(CC(=O)O)CCC1c1ccc(Cl)cc1. The number of carboxylic acids is 1. The molecule has 1 heterocycles. The van der Waals surface area contributed by atoms with Crippen LogP contribution in [0.5, 0.6) is 0 Å². The predicted molar refractivity (Wildman–Crippen MR) is 95.4 cm³/mol. The number of nitrogens with zero attached hydrogens (tertiary/aromatic N) is 1. The fourth-order valence-corrected chi connectivity index (χ4v) is 3.73. The summed E-state index contributed by atoms with van der Waals surface area (Å²) in [4.78, 5) is 37.5. The summed E-state index contributed by atoms with van der Waals surface area (Å²) < 4.78 is 0. The number of halogens is 1. The predicted octanol–water partition coefficient (Wildman–Crippen LogP) is 3.85. The minimum Gasteiger partial charge on any atom is -0.481 e. The average molecular weight is 366 g/mol. The van der Waals surface area contributed by atoms with Crippen molar-refractivity contribution >= 4 is 29.3 Å². The van der Waals surface area contributed by atoms with Crippen molar-refractivity contribution in [1.82, 2.24) is 4.90 Å². The third kappa shape index (κ3) is 4.82. The van der Waals surface area contributed by atoms with Crippen LogP contribution in [0.4, 0.5) is 0 Å². The lowest BCUT2D eigenvalue weighted by Gasteiger charge is -2.44. The number of carbonyl (C=O) groups is 3. The lowest BCUT2D eigenvalue weighted by atomic mass is 9.84. The van der Waals surface area contributed by atoms with E-state index in [4.69, 9.17) is 16.7 Å². The standard InChI is InChI=1S/C19H24ClNO4/c1-3-16(10-12(2)22)21-17(13-4-7-15(20)8-5-13)9-6-14(19(21)25)11-18(23)24/h4-5,7-8,14,16-17H,3,6,9-11H2,1-2H3,(H,23,24). The number of Topliss-reactive ketones (excluding diaryl/α,β-unsaturated/α-hetero) is 1. The molecule has 0 aliphatic carbocycles. The highest BCUT2D eigenvalue weighted by Crippen LogP contribution is 2.38. The van der Waals surface area contributed by atoms with Gasteiger partial charge in [0.1, 0.15) is 5.78 Å². The van der Waals surface area contributed by atoms with E-state index >= 15 is 0 Å². The molecule has 1 aromatic carbocycles. The van der Waals surface area contributed by atoms with Gasteiger partial charge in [-0.15, -0.1) is 0 Å². The first-order valence-corrected chi connectivity index (χ1v) is 9.00. The van der Waals surface area contributed by atoms with E-state index in [0.717, 1.165) is 5.56 Å². The van der Waals surface area contributed by atoms with Gasteiger partial charge in [0.25, 0.3) is 0 Å². The third-order valence-corrected chi connectivity index (χ3v) is 5.04. The van der Waals surface area contributed by atoms with Crippen LogP contribution in [-0.4, -0.2) is 33.7 Å². The largest absolute Gasteiger partial charge is 0.481 e. The van der Waals surface area contributed by atoms with Gasteiger partial charge in [-0.2, -0.15) is 0 Å². The summed E-state index contributed by atoms with van der Waals surface area (Å²) in [5.74, 6) is -1.64. The Morgan fingerprint density at radius 2 is 1.92 bits per heavy atom. The van der Waals surface area contributed by atoms with Crippen LogP contribution in [0.1, 0.15) is 57.6 Å². The molecular formula is C19H24ClNO4. The topological polar surface area (TPSA) is 74.7 Å². The second-order valence-electron chi connectivity index (χ2n) is 6.65. The number of piperidine rings is 1. The van der Waals surface area contributed by atoms with E-state index in [9.17, 15) is 14.4 Å². The van der Waals surface area contributed by atoms with Crippen LogP contribution in [-0.2, 0) is 14.4 Å². The molecule has 1 amide bonds. The molecule has 6 heteroatoms. The van der Waals surface area contributed by atoms with Gasteiger partial charge in [0, 0.05) is 23.4 Å². The smallest absolute Gasteiger partial charge is 0.304 e. The van der Waals surface area contributed by atoms with Gasteiger partial charge in [0.15, 0.2) is 0 Å². The zero-order valence-corrected chi connectivity index (χ0v) is 15.3. The molecular weight excluding hydrogens is 342 g/mol. The second-order valence-corrected chi connectivity index (χ2v) is 7.09. The Balaban J connectivity index is 2.36. The highest BCUT2D eigenvalue weighted by molar-refractivity contribution is 6.30. The van der Waals surface area contributed by atoms with Crippen molar-refractivity contribution in [3.63, 3.8) is 0 Å². The van der Waals surface area contributed by atoms with Gasteiger partial charge < -0.3 is 10.0 Å². The molecule has 0 saturated carbocycles. The summed E-state index contributed by atoms with van der Waals surface area (Å²) in [6.45, 7) is 3.46. The van der Waals surface area contributed by atoms with Gasteiger partial charge in [-0.3, -0.25) is 14.4 Å². The highest BCUT2D eigenvalue weighted by Gasteiger charge is 2.40. The molecule has 1 N–H and O–H groups in total. The number of likely N-dealkylation sites (tertiary alicyclic amines) is 1. The summed E-state index contributed by atoms with van der Waals surface area (Å²) in [6, 6.07) is 6.99. The van der Waals surface area contributed by atoms with Crippen LogP contribution in [0.2, 0.25) is 5.02 Å². The van der Waals surface area contributed by atoms with Crippen molar-refractivity contribution in [2.45, 2.75) is 58.0 Å². The zero-order valence-electron chi connectivity index (χ0n) is 14.6. The van der Waals surface area contributed by atoms with Crippen LogP contribution in [0.15, 0.2) is 24.3 Å². The Morgan fingerprint density at radius 3 is 2.44 bits per heavy atom. The Kier molecular flexibility index (Phi) is 6.59. The molecule has 0 radical (unpaired) electrons. The van der Waals surface area contributed by atoms with Gasteiger partial charge in [-0.25, -0.2) is 0 Å². The maximum Gasteiger partial charge on any atom is 0.304 e. The first kappa shape index (κ1) is 19.4. The molecule has 3 atom stereocenters. The van der Waals surface area contributed by atoms with E-state index in [1.807, 2.05) is 19.1 Å². The molecule has 3 unspecified atom stereocenters. The summed E-state index contributed by atoms with van der Waals surface area (Å²) in [7, 11) is 0. The van der Waals surface area contributed by atoms with Gasteiger partial charge in [0.2, 0.25) is 5.91 Å². The summed E-state index contributed by atoms with van der Waals surface area (Å²) in [6.07, 6.45) is 1.98. The summed E-state index contributed by atoms with van der Waals surface area (Å²) in [5.41, 5.74) is 0.966. The molecule has 5 nitrogen and oxygen atoms in total. The number of carbonyl (C=O) groups excluding carboxylic acids is 2. The van der Waals surface area contributed by atoms with Crippen molar-refractivity contribution in [3.05, 3.63) is 34.9 Å². The highest BCUT2D eigenvalue weighted by atomic mass is 35.5.